The van der Waals surface area contributed by atoms with Crippen LogP contribution in [0.1, 0.15) is 187 Å². The molecule has 0 fully saturated rings. The summed E-state index contributed by atoms with van der Waals surface area (Å²) < 4.78 is 33.3. The summed E-state index contributed by atoms with van der Waals surface area (Å²) in [4.78, 5) is 22.5. The maximum Gasteiger partial charge on any atom is 0.472 e. The highest BCUT2D eigenvalue weighted by molar-refractivity contribution is 7.47. The van der Waals surface area contributed by atoms with Gasteiger partial charge in [-0.05, 0) is 38.5 Å². The zero-order valence-electron chi connectivity index (χ0n) is 31.7. The third-order valence-corrected chi connectivity index (χ3v) is 9.65. The average molecular weight is 721 g/mol. The molecule has 0 bridgehead atoms. The Morgan fingerprint density at radius 2 is 1.04 bits per heavy atom. The Labute approximate surface area is 300 Å². The molecule has 10 heteroatoms. The van der Waals surface area contributed by atoms with Crippen LogP contribution >= 0.6 is 7.82 Å². The zero-order valence-corrected chi connectivity index (χ0v) is 32.6. The quantitative estimate of drug-likeness (QED) is 0.0246. The van der Waals surface area contributed by atoms with Gasteiger partial charge < -0.3 is 24.6 Å². The maximum atomic E-state index is 12.6. The fourth-order valence-corrected chi connectivity index (χ4v) is 6.37. The Morgan fingerprint density at radius 1 is 0.612 bits per heavy atom. The van der Waals surface area contributed by atoms with E-state index in [1.54, 1.807) is 0 Å². The number of carbonyl (C=O) groups excluding carboxylic acids is 1. The monoisotopic (exact) mass is 721 g/mol. The van der Waals surface area contributed by atoms with Gasteiger partial charge in [-0.25, -0.2) is 4.57 Å². The van der Waals surface area contributed by atoms with Gasteiger partial charge in [-0.2, -0.15) is 0 Å². The predicted octanol–water partition coefficient (Wildman–Crippen LogP) is 10.5. The van der Waals surface area contributed by atoms with Gasteiger partial charge in [0.15, 0.2) is 0 Å². The van der Waals surface area contributed by atoms with Crippen molar-refractivity contribution in [2.24, 2.45) is 0 Å². The van der Waals surface area contributed by atoms with Crippen molar-refractivity contribution in [3.63, 3.8) is 0 Å². The highest BCUT2D eigenvalue weighted by Gasteiger charge is 2.26. The minimum Gasteiger partial charge on any atom is -0.457 e. The number of hydrogen-bond acceptors (Lipinski definition) is 8. The Balaban J connectivity index is 4.20. The van der Waals surface area contributed by atoms with E-state index in [1.807, 2.05) is 0 Å². The molecule has 0 aliphatic carbocycles. The van der Waals surface area contributed by atoms with Gasteiger partial charge in [-0.3, -0.25) is 13.8 Å². The standard InChI is InChI=1S/C39H77O9P/c1-3-5-7-9-11-13-15-17-19-21-23-25-27-29-31-39(42)48-38(36-47-49(43,44)46-34-37(41)33-40)35-45-32-30-28-26-24-22-20-18-16-14-12-10-8-6-4-2/h15,17,37-38,40-41H,3-14,16,18-36H2,1-2H3,(H,43,44)/b17-15-/t37-,38+/m0/s1. The summed E-state index contributed by atoms with van der Waals surface area (Å²) in [5, 5.41) is 18.3. The van der Waals surface area contributed by atoms with Crippen molar-refractivity contribution < 1.29 is 43.0 Å². The summed E-state index contributed by atoms with van der Waals surface area (Å²) in [6.45, 7) is 3.52. The molecule has 3 N–H and O–H groups in total. The molecule has 292 valence electrons. The molecule has 0 amide bonds. The lowest BCUT2D eigenvalue weighted by atomic mass is 10.0. The van der Waals surface area contributed by atoms with E-state index in [0.29, 0.717) is 6.61 Å². The van der Waals surface area contributed by atoms with Crippen LogP contribution in [0.15, 0.2) is 12.2 Å². The van der Waals surface area contributed by atoms with Crippen LogP contribution in [0.3, 0.4) is 0 Å². The number of carbonyl (C=O) groups is 1. The summed E-state index contributed by atoms with van der Waals surface area (Å²) in [6.07, 6.45) is 34.5. The summed E-state index contributed by atoms with van der Waals surface area (Å²) in [5.74, 6) is -0.389. The Morgan fingerprint density at radius 3 is 1.53 bits per heavy atom. The molecule has 0 aromatic rings. The van der Waals surface area contributed by atoms with Gasteiger partial charge in [0.05, 0.1) is 26.4 Å². The fourth-order valence-electron chi connectivity index (χ4n) is 5.59. The second-order valence-electron chi connectivity index (χ2n) is 13.7. The van der Waals surface area contributed by atoms with Crippen molar-refractivity contribution in [2.75, 3.05) is 33.0 Å². The van der Waals surface area contributed by atoms with Gasteiger partial charge in [0.25, 0.3) is 0 Å². The molecular weight excluding hydrogens is 643 g/mol. The summed E-state index contributed by atoms with van der Waals surface area (Å²) in [6, 6.07) is 0. The predicted molar refractivity (Wildman–Crippen MR) is 201 cm³/mol. The SMILES string of the molecule is CCCCCCC/C=C\CCCCCCCC(=O)O[C@H](COCCCCCCCCCCCCCCCC)COP(=O)(O)OC[C@@H](O)CO. The minimum atomic E-state index is -4.51. The number of rotatable bonds is 39. The zero-order chi connectivity index (χ0) is 36.1. The number of ether oxygens (including phenoxy) is 2. The number of aliphatic hydroxyl groups excluding tert-OH is 2. The van der Waals surface area contributed by atoms with Crippen molar-refractivity contribution in [3.8, 4) is 0 Å². The molecule has 3 atom stereocenters. The molecule has 0 radical (unpaired) electrons. The van der Waals surface area contributed by atoms with Crippen LogP contribution in [-0.4, -0.2) is 66.3 Å². The lowest BCUT2D eigenvalue weighted by Crippen LogP contribution is -2.29. The molecular formula is C39H77O9P. The molecule has 0 saturated heterocycles. The van der Waals surface area contributed by atoms with Crippen LogP contribution in [0.2, 0.25) is 0 Å². The van der Waals surface area contributed by atoms with E-state index in [4.69, 9.17) is 23.6 Å². The normalized spacial score (nSPS) is 14.3. The Kier molecular flexibility index (Phi) is 36.4. The highest BCUT2D eigenvalue weighted by atomic mass is 31.2. The van der Waals surface area contributed by atoms with Crippen molar-refractivity contribution in [2.45, 2.75) is 199 Å². The van der Waals surface area contributed by atoms with Gasteiger partial charge in [0, 0.05) is 13.0 Å². The molecule has 0 saturated carbocycles. The molecule has 0 aliphatic rings. The molecule has 0 heterocycles. The first-order chi connectivity index (χ1) is 23.8. The molecule has 0 rings (SSSR count). The van der Waals surface area contributed by atoms with E-state index in [2.05, 4.69) is 26.0 Å². The Hall–Kier alpha value is -0.800. The largest absolute Gasteiger partial charge is 0.472 e. The second-order valence-corrected chi connectivity index (χ2v) is 15.1. The second kappa shape index (κ2) is 37.0. The fraction of sp³-hybridized carbons (Fsp3) is 0.923. The molecule has 1 unspecified atom stereocenters. The number of allylic oxidation sites excluding steroid dienone is 2. The molecule has 0 aromatic heterocycles. The summed E-state index contributed by atoms with van der Waals surface area (Å²) in [7, 11) is -4.51. The molecule has 0 aromatic carbocycles. The van der Waals surface area contributed by atoms with Crippen LogP contribution in [0.5, 0.6) is 0 Å². The van der Waals surface area contributed by atoms with Crippen molar-refractivity contribution in [3.05, 3.63) is 12.2 Å². The van der Waals surface area contributed by atoms with Crippen LogP contribution in [-0.2, 0) is 27.9 Å². The van der Waals surface area contributed by atoms with Crippen LogP contribution in [0.25, 0.3) is 0 Å². The van der Waals surface area contributed by atoms with E-state index in [-0.39, 0.29) is 25.6 Å². The molecule has 0 spiro atoms. The van der Waals surface area contributed by atoms with E-state index < -0.39 is 33.2 Å². The lowest BCUT2D eigenvalue weighted by Gasteiger charge is -2.20. The first kappa shape index (κ1) is 48.2. The van der Waals surface area contributed by atoms with E-state index >= 15 is 0 Å². The number of hydrogen-bond donors (Lipinski definition) is 3. The van der Waals surface area contributed by atoms with Gasteiger partial charge in [-0.1, -0.05) is 154 Å². The van der Waals surface area contributed by atoms with Crippen LogP contribution in [0.4, 0.5) is 0 Å². The number of phosphoric acid groups is 1. The third kappa shape index (κ3) is 36.8. The molecule has 49 heavy (non-hydrogen) atoms. The number of unbranched alkanes of at least 4 members (excludes halogenated alkanes) is 23. The first-order valence-electron chi connectivity index (χ1n) is 20.2. The van der Waals surface area contributed by atoms with Crippen molar-refractivity contribution >= 4 is 13.8 Å². The number of phosphoric ester groups is 1. The Bertz CT molecular complexity index is 780. The van der Waals surface area contributed by atoms with E-state index in [1.165, 1.54) is 116 Å². The first-order valence-corrected chi connectivity index (χ1v) is 21.7. The number of esters is 1. The van der Waals surface area contributed by atoms with Crippen LogP contribution in [0, 0.1) is 0 Å². The summed E-state index contributed by atoms with van der Waals surface area (Å²) in [5.41, 5.74) is 0. The minimum absolute atomic E-state index is 0.0513. The van der Waals surface area contributed by atoms with Gasteiger partial charge in [0.1, 0.15) is 12.2 Å². The van der Waals surface area contributed by atoms with E-state index in [0.717, 1.165) is 51.4 Å². The van der Waals surface area contributed by atoms with Crippen LogP contribution < -0.4 is 0 Å². The lowest BCUT2D eigenvalue weighted by molar-refractivity contribution is -0.154. The highest BCUT2D eigenvalue weighted by Crippen LogP contribution is 2.43. The van der Waals surface area contributed by atoms with Gasteiger partial charge >= 0.3 is 13.8 Å². The third-order valence-electron chi connectivity index (χ3n) is 8.70. The van der Waals surface area contributed by atoms with Gasteiger partial charge in [0.2, 0.25) is 0 Å². The van der Waals surface area contributed by atoms with Gasteiger partial charge in [-0.15, -0.1) is 0 Å². The maximum absolute atomic E-state index is 12.6. The topological polar surface area (TPSA) is 132 Å². The molecule has 9 nitrogen and oxygen atoms in total. The smallest absolute Gasteiger partial charge is 0.457 e. The molecule has 0 aliphatic heterocycles. The average Bonchev–Trinajstić information content (AvgIpc) is 3.09. The summed E-state index contributed by atoms with van der Waals surface area (Å²) >= 11 is 0. The van der Waals surface area contributed by atoms with E-state index in [9.17, 15) is 19.4 Å². The van der Waals surface area contributed by atoms with Crippen molar-refractivity contribution in [1.29, 1.82) is 0 Å². The van der Waals surface area contributed by atoms with Crippen molar-refractivity contribution in [1.82, 2.24) is 0 Å². The number of aliphatic hydroxyl groups is 2.